The first-order valence-electron chi connectivity index (χ1n) is 7.65. The SMILES string of the molecule is Cc1cccc(C)c1NC(=O)CCN(C)Cc1ccccc1. The van der Waals surface area contributed by atoms with Crippen LogP contribution in [0.4, 0.5) is 5.69 Å². The number of para-hydroxylation sites is 1. The van der Waals surface area contributed by atoms with Gasteiger partial charge in [0.15, 0.2) is 0 Å². The molecule has 0 atom stereocenters. The molecule has 0 radical (unpaired) electrons. The molecular weight excluding hydrogens is 272 g/mol. The van der Waals surface area contributed by atoms with Crippen molar-refractivity contribution in [1.29, 1.82) is 0 Å². The van der Waals surface area contributed by atoms with Gasteiger partial charge < -0.3 is 10.2 Å². The van der Waals surface area contributed by atoms with E-state index in [0.29, 0.717) is 6.42 Å². The molecule has 0 saturated carbocycles. The van der Waals surface area contributed by atoms with E-state index in [0.717, 1.165) is 29.9 Å². The van der Waals surface area contributed by atoms with Crippen LogP contribution in [0.5, 0.6) is 0 Å². The highest BCUT2D eigenvalue weighted by Gasteiger charge is 2.08. The average Bonchev–Trinajstić information content (AvgIpc) is 2.50. The van der Waals surface area contributed by atoms with Crippen LogP contribution >= 0.6 is 0 Å². The number of carbonyl (C=O) groups is 1. The maximum Gasteiger partial charge on any atom is 0.225 e. The lowest BCUT2D eigenvalue weighted by Gasteiger charge is -2.17. The molecular formula is C19H24N2O. The number of rotatable bonds is 6. The lowest BCUT2D eigenvalue weighted by molar-refractivity contribution is -0.116. The molecule has 0 heterocycles. The van der Waals surface area contributed by atoms with Crippen molar-refractivity contribution in [2.45, 2.75) is 26.8 Å². The Kier molecular flexibility index (Phi) is 5.73. The first kappa shape index (κ1) is 16.2. The number of hydrogen-bond donors (Lipinski definition) is 1. The van der Waals surface area contributed by atoms with Crippen molar-refractivity contribution in [1.82, 2.24) is 4.90 Å². The van der Waals surface area contributed by atoms with E-state index in [2.05, 4.69) is 22.3 Å². The van der Waals surface area contributed by atoms with Crippen molar-refractivity contribution in [3.8, 4) is 0 Å². The van der Waals surface area contributed by atoms with Gasteiger partial charge in [0.05, 0.1) is 0 Å². The zero-order valence-electron chi connectivity index (χ0n) is 13.6. The molecule has 0 unspecified atom stereocenters. The summed E-state index contributed by atoms with van der Waals surface area (Å²) in [6, 6.07) is 16.3. The topological polar surface area (TPSA) is 32.3 Å². The van der Waals surface area contributed by atoms with Gasteiger partial charge in [0, 0.05) is 25.2 Å². The third-order valence-corrected chi connectivity index (χ3v) is 3.76. The molecule has 3 heteroatoms. The van der Waals surface area contributed by atoms with Gasteiger partial charge in [-0.1, -0.05) is 48.5 Å². The zero-order valence-corrected chi connectivity index (χ0v) is 13.6. The first-order valence-corrected chi connectivity index (χ1v) is 7.65. The van der Waals surface area contributed by atoms with Crippen molar-refractivity contribution in [2.75, 3.05) is 18.9 Å². The monoisotopic (exact) mass is 296 g/mol. The number of nitrogens with zero attached hydrogens (tertiary/aromatic N) is 1. The van der Waals surface area contributed by atoms with Gasteiger partial charge in [-0.15, -0.1) is 0 Å². The molecule has 0 aromatic heterocycles. The van der Waals surface area contributed by atoms with E-state index in [-0.39, 0.29) is 5.91 Å². The minimum atomic E-state index is 0.0670. The normalized spacial score (nSPS) is 10.7. The van der Waals surface area contributed by atoms with Crippen LogP contribution in [0.25, 0.3) is 0 Å². The summed E-state index contributed by atoms with van der Waals surface area (Å²) in [6.45, 7) is 5.64. The number of nitrogens with one attached hydrogen (secondary N) is 1. The van der Waals surface area contributed by atoms with Crippen LogP contribution in [0.2, 0.25) is 0 Å². The summed E-state index contributed by atoms with van der Waals surface area (Å²) >= 11 is 0. The quantitative estimate of drug-likeness (QED) is 0.880. The molecule has 0 saturated heterocycles. The Balaban J connectivity index is 1.83. The average molecular weight is 296 g/mol. The molecule has 0 aliphatic rings. The Bertz CT molecular complexity index is 602. The van der Waals surface area contributed by atoms with Gasteiger partial charge in [0.2, 0.25) is 5.91 Å². The van der Waals surface area contributed by atoms with E-state index in [4.69, 9.17) is 0 Å². The number of anilines is 1. The summed E-state index contributed by atoms with van der Waals surface area (Å²) < 4.78 is 0. The summed E-state index contributed by atoms with van der Waals surface area (Å²) in [7, 11) is 2.04. The molecule has 1 N–H and O–H groups in total. The van der Waals surface area contributed by atoms with E-state index in [9.17, 15) is 4.79 Å². The van der Waals surface area contributed by atoms with E-state index in [1.165, 1.54) is 5.56 Å². The van der Waals surface area contributed by atoms with Crippen LogP contribution in [0.15, 0.2) is 48.5 Å². The third-order valence-electron chi connectivity index (χ3n) is 3.76. The van der Waals surface area contributed by atoms with Crippen LogP contribution in [-0.2, 0) is 11.3 Å². The van der Waals surface area contributed by atoms with E-state index in [1.807, 2.05) is 57.3 Å². The maximum absolute atomic E-state index is 12.1. The second kappa shape index (κ2) is 7.76. The highest BCUT2D eigenvalue weighted by atomic mass is 16.1. The lowest BCUT2D eigenvalue weighted by atomic mass is 10.1. The molecule has 2 aromatic carbocycles. The molecule has 2 rings (SSSR count). The van der Waals surface area contributed by atoms with E-state index in [1.54, 1.807) is 0 Å². The van der Waals surface area contributed by atoms with Crippen molar-refractivity contribution < 1.29 is 4.79 Å². The summed E-state index contributed by atoms with van der Waals surface area (Å²) in [5.74, 6) is 0.0670. The fraction of sp³-hybridized carbons (Fsp3) is 0.316. The van der Waals surface area contributed by atoms with Gasteiger partial charge in [0.1, 0.15) is 0 Å². The van der Waals surface area contributed by atoms with Gasteiger partial charge in [-0.25, -0.2) is 0 Å². The number of hydrogen-bond acceptors (Lipinski definition) is 2. The molecule has 2 aromatic rings. The molecule has 0 spiro atoms. The van der Waals surface area contributed by atoms with Crippen LogP contribution in [-0.4, -0.2) is 24.4 Å². The summed E-state index contributed by atoms with van der Waals surface area (Å²) in [6.07, 6.45) is 0.497. The van der Waals surface area contributed by atoms with Crippen molar-refractivity contribution in [3.63, 3.8) is 0 Å². The molecule has 1 amide bonds. The molecule has 0 aliphatic carbocycles. The predicted molar refractivity (Wildman–Crippen MR) is 91.9 cm³/mol. The molecule has 0 aliphatic heterocycles. The van der Waals surface area contributed by atoms with Crippen LogP contribution in [0.3, 0.4) is 0 Å². The number of aryl methyl sites for hydroxylation is 2. The molecule has 0 fully saturated rings. The van der Waals surface area contributed by atoms with Gasteiger partial charge in [-0.3, -0.25) is 4.79 Å². The second-order valence-electron chi connectivity index (χ2n) is 5.79. The fourth-order valence-corrected chi connectivity index (χ4v) is 2.48. The maximum atomic E-state index is 12.1. The van der Waals surface area contributed by atoms with Gasteiger partial charge in [-0.05, 0) is 37.6 Å². The Morgan fingerprint density at radius 1 is 1.00 bits per heavy atom. The summed E-state index contributed by atoms with van der Waals surface area (Å²) in [5.41, 5.74) is 4.41. The summed E-state index contributed by atoms with van der Waals surface area (Å²) in [4.78, 5) is 14.3. The van der Waals surface area contributed by atoms with Gasteiger partial charge in [0.25, 0.3) is 0 Å². The number of carbonyl (C=O) groups excluding carboxylic acids is 1. The van der Waals surface area contributed by atoms with Gasteiger partial charge >= 0.3 is 0 Å². The Morgan fingerprint density at radius 3 is 2.27 bits per heavy atom. The molecule has 3 nitrogen and oxygen atoms in total. The van der Waals surface area contributed by atoms with E-state index >= 15 is 0 Å². The minimum absolute atomic E-state index is 0.0670. The number of benzene rings is 2. The first-order chi connectivity index (χ1) is 10.6. The van der Waals surface area contributed by atoms with Crippen molar-refractivity contribution in [3.05, 3.63) is 65.2 Å². The standard InChI is InChI=1S/C19H24N2O/c1-15-8-7-9-16(2)19(15)20-18(22)12-13-21(3)14-17-10-5-4-6-11-17/h4-11H,12-14H2,1-3H3,(H,20,22). The smallest absolute Gasteiger partial charge is 0.225 e. The number of amides is 1. The largest absolute Gasteiger partial charge is 0.326 e. The van der Waals surface area contributed by atoms with E-state index < -0.39 is 0 Å². The Hall–Kier alpha value is -2.13. The predicted octanol–water partition coefficient (Wildman–Crippen LogP) is 3.76. The zero-order chi connectivity index (χ0) is 15.9. The highest BCUT2D eigenvalue weighted by Crippen LogP contribution is 2.19. The molecule has 0 bridgehead atoms. The van der Waals surface area contributed by atoms with Gasteiger partial charge in [-0.2, -0.15) is 0 Å². The van der Waals surface area contributed by atoms with Crippen LogP contribution < -0.4 is 5.32 Å². The second-order valence-corrected chi connectivity index (χ2v) is 5.79. The van der Waals surface area contributed by atoms with Crippen molar-refractivity contribution >= 4 is 11.6 Å². The Labute approximate surface area is 133 Å². The molecule has 22 heavy (non-hydrogen) atoms. The Morgan fingerprint density at radius 2 is 1.64 bits per heavy atom. The van der Waals surface area contributed by atoms with Crippen LogP contribution in [0.1, 0.15) is 23.1 Å². The fourth-order valence-electron chi connectivity index (χ4n) is 2.48. The lowest BCUT2D eigenvalue weighted by Crippen LogP contribution is -2.24. The van der Waals surface area contributed by atoms with Crippen LogP contribution in [0, 0.1) is 13.8 Å². The highest BCUT2D eigenvalue weighted by molar-refractivity contribution is 5.92. The molecule has 116 valence electrons. The summed E-state index contributed by atoms with van der Waals surface area (Å²) in [5, 5.41) is 3.03. The van der Waals surface area contributed by atoms with Crippen molar-refractivity contribution in [2.24, 2.45) is 0 Å². The minimum Gasteiger partial charge on any atom is -0.326 e. The third kappa shape index (κ3) is 4.71.